The standard InChI is InChI=1S/C20H25N3O2.2ClH/c1-13-8-9-22-19(10-13)25-18-12-17(7-6-14(18)2)23-20(24)15-4-3-5-16(21)11-15;;/h6-10,12,15-16H,3-5,11,21H2,1-2H3,(H,23,24);2*1H. The van der Waals surface area contributed by atoms with Gasteiger partial charge in [-0.25, -0.2) is 4.98 Å². The van der Waals surface area contributed by atoms with Crippen LogP contribution in [0.5, 0.6) is 11.6 Å². The molecule has 1 heterocycles. The number of aryl methyl sites for hydroxylation is 2. The van der Waals surface area contributed by atoms with E-state index in [0.29, 0.717) is 11.6 Å². The van der Waals surface area contributed by atoms with Crippen LogP contribution in [0.1, 0.15) is 36.8 Å². The van der Waals surface area contributed by atoms with Crippen LogP contribution in [0.2, 0.25) is 0 Å². The zero-order chi connectivity index (χ0) is 17.8. The van der Waals surface area contributed by atoms with Crippen molar-refractivity contribution in [2.75, 3.05) is 5.32 Å². The van der Waals surface area contributed by atoms with Gasteiger partial charge in [-0.2, -0.15) is 0 Å². The van der Waals surface area contributed by atoms with Gasteiger partial charge in [0.2, 0.25) is 11.8 Å². The average molecular weight is 412 g/mol. The molecule has 2 atom stereocenters. The van der Waals surface area contributed by atoms with Gasteiger partial charge < -0.3 is 15.8 Å². The largest absolute Gasteiger partial charge is 0.439 e. The Kier molecular flexibility index (Phi) is 9.03. The molecule has 3 N–H and O–H groups in total. The molecule has 5 nitrogen and oxygen atoms in total. The Morgan fingerprint density at radius 1 is 1.19 bits per heavy atom. The lowest BCUT2D eigenvalue weighted by atomic mass is 9.85. The molecule has 1 aromatic carbocycles. The van der Waals surface area contributed by atoms with Gasteiger partial charge in [-0.05, 0) is 56.4 Å². The molecular formula is C20H27Cl2N3O2. The lowest BCUT2D eigenvalue weighted by molar-refractivity contribution is -0.120. The first-order valence-corrected chi connectivity index (χ1v) is 8.79. The van der Waals surface area contributed by atoms with Crippen LogP contribution in [0, 0.1) is 19.8 Å². The van der Waals surface area contributed by atoms with Crippen LogP contribution in [0.4, 0.5) is 5.69 Å². The topological polar surface area (TPSA) is 77.2 Å². The zero-order valence-electron chi connectivity index (χ0n) is 15.6. The number of nitrogens with zero attached hydrogens (tertiary/aromatic N) is 1. The maximum Gasteiger partial charge on any atom is 0.227 e. The molecule has 2 unspecified atom stereocenters. The Hall–Kier alpha value is -1.82. The minimum Gasteiger partial charge on any atom is -0.439 e. The minimum atomic E-state index is -0.00661. The highest BCUT2D eigenvalue weighted by Crippen LogP contribution is 2.29. The third-order valence-electron chi connectivity index (χ3n) is 4.65. The van der Waals surface area contributed by atoms with Gasteiger partial charge in [0.1, 0.15) is 5.75 Å². The Morgan fingerprint density at radius 2 is 1.96 bits per heavy atom. The summed E-state index contributed by atoms with van der Waals surface area (Å²) in [7, 11) is 0. The van der Waals surface area contributed by atoms with Gasteiger partial charge in [0.25, 0.3) is 0 Å². The maximum absolute atomic E-state index is 12.5. The van der Waals surface area contributed by atoms with E-state index in [0.717, 1.165) is 42.5 Å². The number of amides is 1. The molecule has 2 aromatic rings. The Labute approximate surface area is 172 Å². The van der Waals surface area contributed by atoms with Crippen LogP contribution in [-0.2, 0) is 4.79 Å². The van der Waals surface area contributed by atoms with Crippen molar-refractivity contribution in [2.24, 2.45) is 11.7 Å². The molecule has 1 saturated carbocycles. The van der Waals surface area contributed by atoms with Crippen LogP contribution >= 0.6 is 24.8 Å². The number of aromatic nitrogens is 1. The highest BCUT2D eigenvalue weighted by molar-refractivity contribution is 5.92. The van der Waals surface area contributed by atoms with Gasteiger partial charge in [-0.1, -0.05) is 12.5 Å². The van der Waals surface area contributed by atoms with E-state index in [4.69, 9.17) is 10.5 Å². The molecule has 1 aliphatic rings. The molecule has 1 aromatic heterocycles. The first-order chi connectivity index (χ1) is 12.0. The number of rotatable bonds is 4. The van der Waals surface area contributed by atoms with Crippen LogP contribution in [-0.4, -0.2) is 16.9 Å². The molecule has 0 saturated heterocycles. The van der Waals surface area contributed by atoms with Crippen LogP contribution < -0.4 is 15.8 Å². The number of hydrogen-bond donors (Lipinski definition) is 2. The summed E-state index contributed by atoms with van der Waals surface area (Å²) in [6, 6.07) is 9.62. The lowest BCUT2D eigenvalue weighted by Crippen LogP contribution is -2.34. The summed E-state index contributed by atoms with van der Waals surface area (Å²) in [5, 5.41) is 3.00. The maximum atomic E-state index is 12.5. The number of halogens is 2. The van der Waals surface area contributed by atoms with Crippen LogP contribution in [0.3, 0.4) is 0 Å². The van der Waals surface area contributed by atoms with Crippen molar-refractivity contribution in [3.05, 3.63) is 47.7 Å². The average Bonchev–Trinajstić information content (AvgIpc) is 2.58. The van der Waals surface area contributed by atoms with Crippen molar-refractivity contribution in [1.29, 1.82) is 0 Å². The second kappa shape index (κ2) is 10.5. The summed E-state index contributed by atoms with van der Waals surface area (Å²) in [5.41, 5.74) is 8.80. The molecular weight excluding hydrogens is 385 g/mol. The van der Waals surface area contributed by atoms with E-state index < -0.39 is 0 Å². The normalized spacial score (nSPS) is 18.6. The fourth-order valence-electron chi connectivity index (χ4n) is 3.17. The van der Waals surface area contributed by atoms with Crippen molar-refractivity contribution in [3.8, 4) is 11.6 Å². The molecule has 0 aliphatic heterocycles. The van der Waals surface area contributed by atoms with Crippen LogP contribution in [0.25, 0.3) is 0 Å². The van der Waals surface area contributed by atoms with E-state index in [1.54, 1.807) is 6.20 Å². The van der Waals surface area contributed by atoms with E-state index in [9.17, 15) is 4.79 Å². The van der Waals surface area contributed by atoms with Crippen molar-refractivity contribution in [1.82, 2.24) is 4.98 Å². The first-order valence-electron chi connectivity index (χ1n) is 8.79. The number of pyridine rings is 1. The summed E-state index contributed by atoms with van der Waals surface area (Å²) in [5.74, 6) is 1.27. The third kappa shape index (κ3) is 6.38. The van der Waals surface area contributed by atoms with Crippen molar-refractivity contribution in [2.45, 2.75) is 45.6 Å². The zero-order valence-corrected chi connectivity index (χ0v) is 17.2. The molecule has 7 heteroatoms. The number of anilines is 1. The SMILES string of the molecule is Cc1ccnc(Oc2cc(NC(=O)C3CCCC(N)C3)ccc2C)c1.Cl.Cl. The summed E-state index contributed by atoms with van der Waals surface area (Å²) >= 11 is 0. The van der Waals surface area contributed by atoms with E-state index >= 15 is 0 Å². The number of nitrogens with one attached hydrogen (secondary N) is 1. The van der Waals surface area contributed by atoms with Gasteiger partial charge in [-0.3, -0.25) is 4.79 Å². The molecule has 27 heavy (non-hydrogen) atoms. The molecule has 0 bridgehead atoms. The summed E-state index contributed by atoms with van der Waals surface area (Å²) in [4.78, 5) is 16.7. The lowest BCUT2D eigenvalue weighted by Gasteiger charge is -2.25. The highest BCUT2D eigenvalue weighted by atomic mass is 35.5. The summed E-state index contributed by atoms with van der Waals surface area (Å²) < 4.78 is 5.89. The predicted octanol–water partition coefficient (Wildman–Crippen LogP) is 4.79. The number of hydrogen-bond acceptors (Lipinski definition) is 4. The highest BCUT2D eigenvalue weighted by Gasteiger charge is 2.25. The van der Waals surface area contributed by atoms with E-state index in [1.807, 2.05) is 44.2 Å². The van der Waals surface area contributed by atoms with E-state index in [1.165, 1.54) is 0 Å². The quantitative estimate of drug-likeness (QED) is 0.757. The smallest absolute Gasteiger partial charge is 0.227 e. The first kappa shape index (κ1) is 23.2. The number of carbonyl (C=O) groups excluding carboxylic acids is 1. The second-order valence-electron chi connectivity index (χ2n) is 6.87. The van der Waals surface area contributed by atoms with E-state index in [2.05, 4.69) is 10.3 Å². The predicted molar refractivity (Wildman–Crippen MR) is 113 cm³/mol. The van der Waals surface area contributed by atoms with Gasteiger partial charge in [0, 0.05) is 36.0 Å². The molecule has 0 spiro atoms. The minimum absolute atomic E-state index is 0. The second-order valence-corrected chi connectivity index (χ2v) is 6.87. The Bertz CT molecular complexity index is 771. The van der Waals surface area contributed by atoms with Crippen molar-refractivity contribution >= 4 is 36.4 Å². The third-order valence-corrected chi connectivity index (χ3v) is 4.65. The fraction of sp³-hybridized carbons (Fsp3) is 0.400. The van der Waals surface area contributed by atoms with Crippen LogP contribution in [0.15, 0.2) is 36.5 Å². The number of benzene rings is 1. The Morgan fingerprint density at radius 3 is 2.67 bits per heavy atom. The van der Waals surface area contributed by atoms with Gasteiger partial charge >= 0.3 is 0 Å². The summed E-state index contributed by atoms with van der Waals surface area (Å²) in [6.07, 6.45) is 5.41. The number of ether oxygens (including phenoxy) is 1. The monoisotopic (exact) mass is 411 g/mol. The molecule has 3 rings (SSSR count). The van der Waals surface area contributed by atoms with Gasteiger partial charge in [0.05, 0.1) is 0 Å². The van der Waals surface area contributed by atoms with E-state index in [-0.39, 0.29) is 42.7 Å². The molecule has 148 valence electrons. The molecule has 1 fully saturated rings. The van der Waals surface area contributed by atoms with Crippen molar-refractivity contribution in [3.63, 3.8) is 0 Å². The number of carbonyl (C=O) groups is 1. The van der Waals surface area contributed by atoms with Gasteiger partial charge in [0.15, 0.2) is 0 Å². The fourth-order valence-corrected chi connectivity index (χ4v) is 3.17. The Balaban J connectivity index is 0.00000182. The molecule has 1 aliphatic carbocycles. The number of nitrogens with two attached hydrogens (primary N) is 1. The van der Waals surface area contributed by atoms with Gasteiger partial charge in [-0.15, -0.1) is 24.8 Å². The summed E-state index contributed by atoms with van der Waals surface area (Å²) in [6.45, 7) is 3.96. The van der Waals surface area contributed by atoms with Crippen molar-refractivity contribution < 1.29 is 9.53 Å². The molecule has 0 radical (unpaired) electrons. The molecule has 1 amide bonds.